The van der Waals surface area contributed by atoms with E-state index in [4.69, 9.17) is 20.9 Å². The molecule has 0 aliphatic rings. The van der Waals surface area contributed by atoms with Gasteiger partial charge in [-0.3, -0.25) is 0 Å². The molecular weight excluding hydrogens is 342 g/mol. The van der Waals surface area contributed by atoms with Gasteiger partial charge in [-0.2, -0.15) is 9.97 Å². The Balaban J connectivity index is 0.00000225. The van der Waals surface area contributed by atoms with Gasteiger partial charge >= 0.3 is 0 Å². The summed E-state index contributed by atoms with van der Waals surface area (Å²) >= 11 is 0. The summed E-state index contributed by atoms with van der Waals surface area (Å²) in [5, 5.41) is 0.726. The molecular formula is C17H20ClN5O2. The summed E-state index contributed by atoms with van der Waals surface area (Å²) in [5.41, 5.74) is 15.1. The molecule has 0 aliphatic carbocycles. The number of aromatic nitrogens is 3. The highest BCUT2D eigenvalue weighted by molar-refractivity contribution is 5.90. The molecule has 4 N–H and O–H groups in total. The third-order valence-corrected chi connectivity index (χ3v) is 4.00. The van der Waals surface area contributed by atoms with Crippen LogP contribution in [0.5, 0.6) is 11.5 Å². The molecule has 1 aromatic carbocycles. The van der Waals surface area contributed by atoms with Gasteiger partial charge in [-0.1, -0.05) is 0 Å². The van der Waals surface area contributed by atoms with Crippen LogP contribution in [0.3, 0.4) is 0 Å². The van der Waals surface area contributed by atoms with Gasteiger partial charge in [-0.25, -0.2) is 4.98 Å². The zero-order valence-corrected chi connectivity index (χ0v) is 15.1. The van der Waals surface area contributed by atoms with Crippen molar-refractivity contribution < 1.29 is 9.47 Å². The maximum Gasteiger partial charge on any atom is 0.224 e. The lowest BCUT2D eigenvalue weighted by Crippen LogP contribution is -2.05. The largest absolute Gasteiger partial charge is 0.497 e. The number of pyridine rings is 1. The number of nitrogen functional groups attached to an aromatic ring is 2. The van der Waals surface area contributed by atoms with E-state index in [-0.39, 0.29) is 18.4 Å². The summed E-state index contributed by atoms with van der Waals surface area (Å²) < 4.78 is 10.7. The number of halogens is 1. The number of ether oxygens (including phenoxy) is 2. The number of rotatable bonds is 4. The van der Waals surface area contributed by atoms with Crippen LogP contribution in [0.4, 0.5) is 11.8 Å². The first-order chi connectivity index (χ1) is 11.5. The van der Waals surface area contributed by atoms with Crippen LogP contribution in [0, 0.1) is 6.92 Å². The van der Waals surface area contributed by atoms with Crippen molar-refractivity contribution in [3.63, 3.8) is 0 Å². The van der Waals surface area contributed by atoms with Crippen LogP contribution in [0.2, 0.25) is 0 Å². The molecule has 7 nitrogen and oxygen atoms in total. The summed E-state index contributed by atoms with van der Waals surface area (Å²) in [6, 6.07) is 5.70. The fraction of sp³-hybridized carbons (Fsp3) is 0.235. The highest BCUT2D eigenvalue weighted by Crippen LogP contribution is 2.30. The molecule has 3 aromatic rings. The van der Waals surface area contributed by atoms with Gasteiger partial charge in [-0.15, -0.1) is 12.4 Å². The van der Waals surface area contributed by atoms with Crippen molar-refractivity contribution >= 4 is 35.2 Å². The molecule has 0 unspecified atom stereocenters. The van der Waals surface area contributed by atoms with Crippen LogP contribution in [-0.4, -0.2) is 29.2 Å². The van der Waals surface area contributed by atoms with E-state index in [0.29, 0.717) is 17.9 Å². The Hall–Kier alpha value is -2.80. The van der Waals surface area contributed by atoms with E-state index in [9.17, 15) is 0 Å². The van der Waals surface area contributed by atoms with Crippen molar-refractivity contribution in [1.29, 1.82) is 0 Å². The van der Waals surface area contributed by atoms with Crippen molar-refractivity contribution in [3.8, 4) is 11.5 Å². The minimum Gasteiger partial charge on any atom is -0.497 e. The van der Waals surface area contributed by atoms with Crippen LogP contribution in [0.1, 0.15) is 16.7 Å². The second kappa shape index (κ2) is 7.40. The number of hydrogen-bond donors (Lipinski definition) is 2. The molecule has 25 heavy (non-hydrogen) atoms. The maximum atomic E-state index is 6.01. The SMILES string of the molecule is COc1ccc(OC)c(Cc2cnc3nc(N)nc(N)c3c2C)c1.Cl. The van der Waals surface area contributed by atoms with E-state index in [1.807, 2.05) is 25.1 Å². The summed E-state index contributed by atoms with van der Waals surface area (Å²) in [4.78, 5) is 12.5. The highest BCUT2D eigenvalue weighted by atomic mass is 35.5. The Morgan fingerprint density at radius 1 is 1.04 bits per heavy atom. The lowest BCUT2D eigenvalue weighted by molar-refractivity contribution is 0.399. The van der Waals surface area contributed by atoms with Gasteiger partial charge < -0.3 is 20.9 Å². The Bertz CT molecular complexity index is 917. The number of nitrogens with two attached hydrogens (primary N) is 2. The Labute approximate surface area is 151 Å². The van der Waals surface area contributed by atoms with Gasteiger partial charge in [0.25, 0.3) is 0 Å². The van der Waals surface area contributed by atoms with Gasteiger partial charge in [0, 0.05) is 18.2 Å². The predicted molar refractivity (Wildman–Crippen MR) is 100 cm³/mol. The first-order valence-corrected chi connectivity index (χ1v) is 7.41. The first-order valence-electron chi connectivity index (χ1n) is 7.41. The molecule has 0 saturated carbocycles. The summed E-state index contributed by atoms with van der Waals surface area (Å²) in [7, 11) is 3.28. The van der Waals surface area contributed by atoms with Crippen LogP contribution < -0.4 is 20.9 Å². The molecule has 2 aromatic heterocycles. The van der Waals surface area contributed by atoms with Crippen LogP contribution in [0.25, 0.3) is 11.0 Å². The summed E-state index contributed by atoms with van der Waals surface area (Å²) in [5.74, 6) is 2.01. The number of aryl methyl sites for hydroxylation is 1. The van der Waals surface area contributed by atoms with Crippen LogP contribution in [-0.2, 0) is 6.42 Å². The van der Waals surface area contributed by atoms with E-state index in [2.05, 4.69) is 15.0 Å². The number of hydrogen-bond acceptors (Lipinski definition) is 7. The van der Waals surface area contributed by atoms with Crippen molar-refractivity contribution in [2.75, 3.05) is 25.7 Å². The van der Waals surface area contributed by atoms with E-state index in [1.165, 1.54) is 0 Å². The van der Waals surface area contributed by atoms with E-state index >= 15 is 0 Å². The molecule has 2 heterocycles. The van der Waals surface area contributed by atoms with Crippen LogP contribution in [0.15, 0.2) is 24.4 Å². The van der Waals surface area contributed by atoms with E-state index < -0.39 is 0 Å². The number of anilines is 2. The zero-order chi connectivity index (χ0) is 17.3. The van der Waals surface area contributed by atoms with Gasteiger partial charge in [-0.05, 0) is 36.2 Å². The Kier molecular flexibility index (Phi) is 5.48. The Morgan fingerprint density at radius 2 is 1.80 bits per heavy atom. The average Bonchev–Trinajstić information content (AvgIpc) is 2.56. The summed E-state index contributed by atoms with van der Waals surface area (Å²) in [6.45, 7) is 1.97. The maximum absolute atomic E-state index is 6.01. The van der Waals surface area contributed by atoms with Crippen molar-refractivity contribution in [1.82, 2.24) is 15.0 Å². The second-order valence-electron chi connectivity index (χ2n) is 5.43. The minimum atomic E-state index is 0. The molecule has 0 amide bonds. The molecule has 0 saturated heterocycles. The van der Waals surface area contributed by atoms with Crippen molar-refractivity contribution in [2.45, 2.75) is 13.3 Å². The third kappa shape index (κ3) is 3.51. The first kappa shape index (κ1) is 18.5. The molecule has 0 atom stereocenters. The molecule has 3 rings (SSSR count). The lowest BCUT2D eigenvalue weighted by atomic mass is 9.99. The topological polar surface area (TPSA) is 109 Å². The number of fused-ring (bicyclic) bond motifs is 1. The van der Waals surface area contributed by atoms with Gasteiger partial charge in [0.2, 0.25) is 5.95 Å². The minimum absolute atomic E-state index is 0. The monoisotopic (exact) mass is 361 g/mol. The Morgan fingerprint density at radius 3 is 2.48 bits per heavy atom. The normalized spacial score (nSPS) is 10.4. The molecule has 0 radical (unpaired) electrons. The predicted octanol–water partition coefficient (Wildman–Crippen LogP) is 2.53. The van der Waals surface area contributed by atoms with Crippen molar-refractivity contribution in [2.24, 2.45) is 0 Å². The quantitative estimate of drug-likeness (QED) is 0.734. The molecule has 0 aliphatic heterocycles. The molecule has 132 valence electrons. The third-order valence-electron chi connectivity index (χ3n) is 4.00. The molecule has 8 heteroatoms. The van der Waals surface area contributed by atoms with Crippen molar-refractivity contribution in [3.05, 3.63) is 41.1 Å². The van der Waals surface area contributed by atoms with E-state index in [0.717, 1.165) is 33.6 Å². The number of nitrogens with zero attached hydrogens (tertiary/aromatic N) is 3. The fourth-order valence-electron chi connectivity index (χ4n) is 2.74. The second-order valence-corrected chi connectivity index (χ2v) is 5.43. The molecule has 0 fully saturated rings. The average molecular weight is 362 g/mol. The van der Waals surface area contributed by atoms with Gasteiger partial charge in [0.05, 0.1) is 19.6 Å². The van der Waals surface area contributed by atoms with E-state index in [1.54, 1.807) is 20.4 Å². The van der Waals surface area contributed by atoms with Gasteiger partial charge in [0.15, 0.2) is 5.65 Å². The lowest BCUT2D eigenvalue weighted by Gasteiger charge is -2.13. The molecule has 0 bridgehead atoms. The number of methoxy groups -OCH3 is 2. The van der Waals surface area contributed by atoms with Gasteiger partial charge in [0.1, 0.15) is 17.3 Å². The standard InChI is InChI=1S/C17H19N5O2.ClH/c1-9-11(6-10-7-12(23-2)4-5-13(10)24-3)8-20-16-14(9)15(18)21-17(19)22-16;/h4-5,7-8H,6H2,1-3H3,(H4,18,19,20,21,22);1H. The smallest absolute Gasteiger partial charge is 0.224 e. The molecule has 0 spiro atoms. The van der Waals surface area contributed by atoms with Crippen LogP contribution >= 0.6 is 12.4 Å². The highest BCUT2D eigenvalue weighted by Gasteiger charge is 2.14. The zero-order valence-electron chi connectivity index (χ0n) is 14.2. The number of benzene rings is 1. The fourth-order valence-corrected chi connectivity index (χ4v) is 2.74. The summed E-state index contributed by atoms with van der Waals surface area (Å²) in [6.07, 6.45) is 2.40.